The van der Waals surface area contributed by atoms with Gasteiger partial charge in [0.1, 0.15) is 5.82 Å². The van der Waals surface area contributed by atoms with Crippen LogP contribution in [0.25, 0.3) is 0 Å². The quantitative estimate of drug-likeness (QED) is 0.615. The van der Waals surface area contributed by atoms with Crippen molar-refractivity contribution < 1.29 is 4.39 Å². The summed E-state index contributed by atoms with van der Waals surface area (Å²) in [6.07, 6.45) is 0.985. The van der Waals surface area contributed by atoms with E-state index in [4.69, 9.17) is 5.73 Å². The maximum absolute atomic E-state index is 12.8. The molecule has 3 rings (SSSR count). The van der Waals surface area contributed by atoms with Gasteiger partial charge in [-0.2, -0.15) is 0 Å². The van der Waals surface area contributed by atoms with Gasteiger partial charge in [-0.05, 0) is 35.6 Å². The van der Waals surface area contributed by atoms with Crippen molar-refractivity contribution in [3.8, 4) is 0 Å². The lowest BCUT2D eigenvalue weighted by Gasteiger charge is -2.03. The second-order valence-electron chi connectivity index (χ2n) is 3.81. The van der Waals surface area contributed by atoms with Gasteiger partial charge in [0.2, 0.25) is 0 Å². The van der Waals surface area contributed by atoms with Crippen LogP contribution >= 0.6 is 0 Å². The van der Waals surface area contributed by atoms with Crippen LogP contribution in [0.2, 0.25) is 0 Å². The number of fused-ring (bicyclic) bond motifs is 3. The summed E-state index contributed by atoms with van der Waals surface area (Å²) in [7, 11) is 0. The van der Waals surface area contributed by atoms with Crippen molar-refractivity contribution in [1.82, 2.24) is 0 Å². The first-order chi connectivity index (χ1) is 5.77. The van der Waals surface area contributed by atoms with Crippen molar-refractivity contribution in [1.29, 1.82) is 0 Å². The second kappa shape index (κ2) is 1.88. The molecule has 0 aliphatic heterocycles. The van der Waals surface area contributed by atoms with Crippen molar-refractivity contribution in [2.45, 2.75) is 18.4 Å². The van der Waals surface area contributed by atoms with Crippen molar-refractivity contribution in [3.63, 3.8) is 0 Å². The summed E-state index contributed by atoms with van der Waals surface area (Å²) in [5.41, 5.74) is 8.29. The van der Waals surface area contributed by atoms with Crippen molar-refractivity contribution >= 4 is 0 Å². The smallest absolute Gasteiger partial charge is 0.123 e. The summed E-state index contributed by atoms with van der Waals surface area (Å²) >= 11 is 0. The fourth-order valence-corrected chi connectivity index (χ4v) is 2.43. The molecule has 2 N–H and O–H groups in total. The average molecular weight is 163 g/mol. The third kappa shape index (κ3) is 0.661. The first-order valence-electron chi connectivity index (χ1n) is 4.31. The van der Waals surface area contributed by atoms with Crippen LogP contribution < -0.4 is 5.73 Å². The highest BCUT2D eigenvalue weighted by Crippen LogP contribution is 2.54. The predicted molar refractivity (Wildman–Crippen MR) is 44.3 cm³/mol. The molecule has 2 aliphatic carbocycles. The Morgan fingerprint density at radius 1 is 1.42 bits per heavy atom. The van der Waals surface area contributed by atoms with E-state index in [0.29, 0.717) is 17.9 Å². The summed E-state index contributed by atoms with van der Waals surface area (Å²) < 4.78 is 12.8. The van der Waals surface area contributed by atoms with E-state index in [9.17, 15) is 4.39 Å². The fourth-order valence-electron chi connectivity index (χ4n) is 2.43. The van der Waals surface area contributed by atoms with Crippen LogP contribution in [-0.4, -0.2) is 6.04 Å². The Labute approximate surface area is 70.4 Å². The van der Waals surface area contributed by atoms with Gasteiger partial charge in [0, 0.05) is 12.0 Å². The van der Waals surface area contributed by atoms with Gasteiger partial charge < -0.3 is 5.73 Å². The molecule has 2 heteroatoms. The molecule has 0 bridgehead atoms. The van der Waals surface area contributed by atoms with E-state index >= 15 is 0 Å². The minimum Gasteiger partial charge on any atom is -0.327 e. The summed E-state index contributed by atoms with van der Waals surface area (Å²) in [5, 5.41) is 0. The maximum atomic E-state index is 12.8. The molecular formula is C10H10FN. The molecule has 1 nitrogen and oxygen atoms in total. The minimum atomic E-state index is -0.122. The third-order valence-corrected chi connectivity index (χ3v) is 3.15. The lowest BCUT2D eigenvalue weighted by atomic mass is 10.1. The van der Waals surface area contributed by atoms with Gasteiger partial charge in [-0.15, -0.1) is 0 Å². The number of rotatable bonds is 0. The van der Waals surface area contributed by atoms with Crippen LogP contribution in [0.4, 0.5) is 4.39 Å². The molecule has 2 aliphatic rings. The van der Waals surface area contributed by atoms with Crippen LogP contribution in [0.15, 0.2) is 18.2 Å². The molecule has 1 aromatic carbocycles. The van der Waals surface area contributed by atoms with E-state index in [1.54, 1.807) is 6.07 Å². The molecule has 3 atom stereocenters. The minimum absolute atomic E-state index is 0.122. The molecule has 62 valence electrons. The molecule has 0 aromatic heterocycles. The molecule has 1 aromatic rings. The van der Waals surface area contributed by atoms with Crippen LogP contribution in [0.5, 0.6) is 0 Å². The molecular weight excluding hydrogens is 153 g/mol. The van der Waals surface area contributed by atoms with Crippen LogP contribution in [0.3, 0.4) is 0 Å². The highest BCUT2D eigenvalue weighted by molar-refractivity contribution is 5.44. The molecule has 0 radical (unpaired) electrons. The first kappa shape index (κ1) is 6.61. The Morgan fingerprint density at radius 2 is 2.25 bits per heavy atom. The normalized spacial score (nSPS) is 36.0. The highest BCUT2D eigenvalue weighted by atomic mass is 19.1. The van der Waals surface area contributed by atoms with E-state index in [2.05, 4.69) is 0 Å². The van der Waals surface area contributed by atoms with Crippen LogP contribution in [-0.2, 0) is 6.42 Å². The Balaban J connectivity index is 2.11. The largest absolute Gasteiger partial charge is 0.327 e. The van der Waals surface area contributed by atoms with Crippen LogP contribution in [0.1, 0.15) is 17.0 Å². The number of nitrogens with two attached hydrogens (primary N) is 1. The Bertz CT molecular complexity index is 348. The van der Waals surface area contributed by atoms with Crippen molar-refractivity contribution in [3.05, 3.63) is 35.1 Å². The van der Waals surface area contributed by atoms with Gasteiger partial charge in [0.05, 0.1) is 0 Å². The van der Waals surface area contributed by atoms with Gasteiger partial charge in [0.15, 0.2) is 0 Å². The third-order valence-electron chi connectivity index (χ3n) is 3.15. The van der Waals surface area contributed by atoms with Gasteiger partial charge >= 0.3 is 0 Å². The number of hydrogen-bond donors (Lipinski definition) is 1. The monoisotopic (exact) mass is 163 g/mol. The Hall–Kier alpha value is -0.890. The van der Waals surface area contributed by atoms with E-state index in [1.807, 2.05) is 6.07 Å². The van der Waals surface area contributed by atoms with E-state index in [0.717, 1.165) is 6.42 Å². The SMILES string of the molecule is N[C@@H]1[C@@H]2Cc3cc(F)ccc3[C@H]12. The molecule has 0 spiro atoms. The summed E-state index contributed by atoms with van der Waals surface area (Å²) in [5.74, 6) is 1.03. The molecule has 0 amide bonds. The van der Waals surface area contributed by atoms with Crippen molar-refractivity contribution in [2.75, 3.05) is 0 Å². The average Bonchev–Trinajstić information content (AvgIpc) is 2.57. The van der Waals surface area contributed by atoms with E-state index < -0.39 is 0 Å². The maximum Gasteiger partial charge on any atom is 0.123 e. The molecule has 1 fully saturated rings. The zero-order valence-corrected chi connectivity index (χ0v) is 6.63. The van der Waals surface area contributed by atoms with Gasteiger partial charge in [-0.1, -0.05) is 6.07 Å². The first-order valence-corrected chi connectivity index (χ1v) is 4.31. The second-order valence-corrected chi connectivity index (χ2v) is 3.81. The highest BCUT2D eigenvalue weighted by Gasteiger charge is 2.53. The zero-order valence-electron chi connectivity index (χ0n) is 6.63. The summed E-state index contributed by atoms with van der Waals surface area (Å²) in [6, 6.07) is 5.42. The number of benzene rings is 1. The van der Waals surface area contributed by atoms with Gasteiger partial charge in [0.25, 0.3) is 0 Å². The fraction of sp³-hybridized carbons (Fsp3) is 0.400. The molecule has 0 heterocycles. The van der Waals surface area contributed by atoms with Gasteiger partial charge in [-0.25, -0.2) is 4.39 Å². The van der Waals surface area contributed by atoms with E-state index in [-0.39, 0.29) is 5.82 Å². The lowest BCUT2D eigenvalue weighted by Crippen LogP contribution is -2.08. The lowest BCUT2D eigenvalue weighted by molar-refractivity contribution is 0.624. The van der Waals surface area contributed by atoms with Crippen LogP contribution in [0, 0.1) is 11.7 Å². The summed E-state index contributed by atoms with van der Waals surface area (Å²) in [4.78, 5) is 0. The molecule has 12 heavy (non-hydrogen) atoms. The topological polar surface area (TPSA) is 26.0 Å². The number of hydrogen-bond acceptors (Lipinski definition) is 1. The standard InChI is InChI=1S/C10H10FN/c11-6-1-2-7-5(3-6)4-8-9(7)10(8)12/h1-3,8-10H,4,12H2/t8-,9+,10-/m1/s1. The molecule has 1 saturated carbocycles. The molecule has 0 unspecified atom stereocenters. The summed E-state index contributed by atoms with van der Waals surface area (Å²) in [6.45, 7) is 0. The Morgan fingerprint density at radius 3 is 3.08 bits per heavy atom. The van der Waals surface area contributed by atoms with Gasteiger partial charge in [-0.3, -0.25) is 0 Å². The molecule has 0 saturated heterocycles. The predicted octanol–water partition coefficient (Wildman–Crippen LogP) is 1.42. The zero-order chi connectivity index (χ0) is 8.29. The Kier molecular flexibility index (Phi) is 1.04. The van der Waals surface area contributed by atoms with E-state index in [1.165, 1.54) is 17.2 Å². The van der Waals surface area contributed by atoms with Crippen molar-refractivity contribution in [2.24, 2.45) is 11.7 Å². The number of halogens is 1.